The molecular weight excluding hydrogens is 192 g/mol. The summed E-state index contributed by atoms with van der Waals surface area (Å²) in [6, 6.07) is 1.58. The van der Waals surface area contributed by atoms with Gasteiger partial charge < -0.3 is 10.4 Å². The van der Waals surface area contributed by atoms with Crippen LogP contribution in [0.25, 0.3) is 0 Å². The van der Waals surface area contributed by atoms with Gasteiger partial charge in [0.2, 0.25) is 5.91 Å². The zero-order valence-corrected chi connectivity index (χ0v) is 9.12. The van der Waals surface area contributed by atoms with Crippen molar-refractivity contribution >= 4 is 5.91 Å². The molecule has 1 aliphatic carbocycles. The summed E-state index contributed by atoms with van der Waals surface area (Å²) in [4.78, 5) is 11.5. The molecule has 15 heavy (non-hydrogen) atoms. The van der Waals surface area contributed by atoms with Crippen molar-refractivity contribution in [1.82, 2.24) is 5.32 Å². The second-order valence-corrected chi connectivity index (χ2v) is 4.27. The Morgan fingerprint density at radius 1 is 1.60 bits per heavy atom. The van der Waals surface area contributed by atoms with Gasteiger partial charge in [0.1, 0.15) is 6.04 Å². The molecule has 1 atom stereocenters. The molecule has 0 heterocycles. The van der Waals surface area contributed by atoms with Gasteiger partial charge in [-0.3, -0.25) is 4.79 Å². The van der Waals surface area contributed by atoms with Gasteiger partial charge in [-0.25, -0.2) is 0 Å². The van der Waals surface area contributed by atoms with Gasteiger partial charge in [0.15, 0.2) is 0 Å². The molecule has 0 aliphatic heterocycles. The fraction of sp³-hybridized carbons (Fsp3) is 0.818. The van der Waals surface area contributed by atoms with E-state index in [9.17, 15) is 9.90 Å². The average molecular weight is 210 g/mol. The van der Waals surface area contributed by atoms with Crippen LogP contribution in [0.1, 0.15) is 45.4 Å². The Balaban J connectivity index is 2.39. The SMILES string of the molecule is CCC(C#N)NC(=O)CC1(O)CCCC1. The summed E-state index contributed by atoms with van der Waals surface area (Å²) in [6.07, 6.45) is 4.10. The quantitative estimate of drug-likeness (QED) is 0.729. The summed E-state index contributed by atoms with van der Waals surface area (Å²) in [5.74, 6) is -0.215. The van der Waals surface area contributed by atoms with E-state index in [-0.39, 0.29) is 12.3 Å². The molecule has 1 unspecified atom stereocenters. The molecule has 2 N–H and O–H groups in total. The average Bonchev–Trinajstić information content (AvgIpc) is 2.61. The Kier molecular flexibility index (Phi) is 4.10. The van der Waals surface area contributed by atoms with Crippen molar-refractivity contribution in [2.75, 3.05) is 0 Å². The van der Waals surface area contributed by atoms with Gasteiger partial charge in [0.25, 0.3) is 0 Å². The van der Waals surface area contributed by atoms with Crippen LogP contribution >= 0.6 is 0 Å². The molecule has 1 fully saturated rings. The lowest BCUT2D eigenvalue weighted by molar-refractivity contribution is -0.126. The molecule has 84 valence electrons. The number of aliphatic hydroxyl groups is 1. The van der Waals surface area contributed by atoms with E-state index in [2.05, 4.69) is 5.32 Å². The van der Waals surface area contributed by atoms with Gasteiger partial charge in [0.05, 0.1) is 18.1 Å². The lowest BCUT2D eigenvalue weighted by Crippen LogP contribution is -2.39. The van der Waals surface area contributed by atoms with Gasteiger partial charge in [-0.05, 0) is 19.3 Å². The molecule has 4 nitrogen and oxygen atoms in total. The molecule has 0 aromatic rings. The highest BCUT2D eigenvalue weighted by Gasteiger charge is 2.33. The monoisotopic (exact) mass is 210 g/mol. The van der Waals surface area contributed by atoms with Crippen molar-refractivity contribution in [3.63, 3.8) is 0 Å². The number of hydrogen-bond acceptors (Lipinski definition) is 3. The van der Waals surface area contributed by atoms with Crippen LogP contribution in [0.4, 0.5) is 0 Å². The molecular formula is C11H18N2O2. The number of nitrogens with zero attached hydrogens (tertiary/aromatic N) is 1. The fourth-order valence-electron chi connectivity index (χ4n) is 1.98. The molecule has 0 spiro atoms. The van der Waals surface area contributed by atoms with Crippen molar-refractivity contribution < 1.29 is 9.90 Å². The third-order valence-electron chi connectivity index (χ3n) is 2.92. The van der Waals surface area contributed by atoms with E-state index in [1.807, 2.05) is 13.0 Å². The summed E-state index contributed by atoms with van der Waals surface area (Å²) in [7, 11) is 0. The summed E-state index contributed by atoms with van der Waals surface area (Å²) >= 11 is 0. The van der Waals surface area contributed by atoms with Gasteiger partial charge in [0, 0.05) is 0 Å². The Morgan fingerprint density at radius 3 is 2.67 bits per heavy atom. The van der Waals surface area contributed by atoms with Crippen LogP contribution in [0.2, 0.25) is 0 Å². The van der Waals surface area contributed by atoms with Crippen LogP contribution in [-0.4, -0.2) is 22.7 Å². The molecule has 0 aromatic heterocycles. The zero-order valence-electron chi connectivity index (χ0n) is 9.12. The zero-order chi connectivity index (χ0) is 11.3. The molecule has 0 radical (unpaired) electrons. The van der Waals surface area contributed by atoms with E-state index >= 15 is 0 Å². The largest absolute Gasteiger partial charge is 0.389 e. The van der Waals surface area contributed by atoms with Crippen LogP contribution in [-0.2, 0) is 4.79 Å². The first-order chi connectivity index (χ1) is 7.09. The molecule has 1 amide bonds. The third-order valence-corrected chi connectivity index (χ3v) is 2.92. The van der Waals surface area contributed by atoms with Crippen LogP contribution in [0, 0.1) is 11.3 Å². The molecule has 1 saturated carbocycles. The van der Waals surface area contributed by atoms with Gasteiger partial charge in [-0.1, -0.05) is 19.8 Å². The van der Waals surface area contributed by atoms with Crippen LogP contribution in [0.3, 0.4) is 0 Å². The van der Waals surface area contributed by atoms with Crippen LogP contribution in [0.5, 0.6) is 0 Å². The topological polar surface area (TPSA) is 73.1 Å². The first kappa shape index (κ1) is 12.0. The molecule has 0 aromatic carbocycles. The normalized spacial score (nSPS) is 20.6. The van der Waals surface area contributed by atoms with E-state index < -0.39 is 11.6 Å². The summed E-state index contributed by atoms with van der Waals surface area (Å²) in [6.45, 7) is 1.85. The van der Waals surface area contributed by atoms with Crippen molar-refractivity contribution in [1.29, 1.82) is 5.26 Å². The molecule has 0 saturated heterocycles. The predicted octanol–water partition coefficient (Wildman–Crippen LogP) is 1.10. The molecule has 1 rings (SSSR count). The molecule has 4 heteroatoms. The Labute approximate surface area is 90.3 Å². The minimum absolute atomic E-state index is 0.130. The lowest BCUT2D eigenvalue weighted by Gasteiger charge is -2.21. The third kappa shape index (κ3) is 3.52. The maximum absolute atomic E-state index is 11.5. The van der Waals surface area contributed by atoms with E-state index in [4.69, 9.17) is 5.26 Å². The van der Waals surface area contributed by atoms with Crippen molar-refractivity contribution in [2.45, 2.75) is 57.1 Å². The van der Waals surface area contributed by atoms with Crippen molar-refractivity contribution in [3.05, 3.63) is 0 Å². The van der Waals surface area contributed by atoms with Gasteiger partial charge in [-0.2, -0.15) is 5.26 Å². The minimum Gasteiger partial charge on any atom is -0.389 e. The number of rotatable bonds is 4. The van der Waals surface area contributed by atoms with Crippen molar-refractivity contribution in [3.8, 4) is 6.07 Å². The first-order valence-corrected chi connectivity index (χ1v) is 5.51. The van der Waals surface area contributed by atoms with Crippen molar-refractivity contribution in [2.24, 2.45) is 0 Å². The molecule has 1 aliphatic rings. The Morgan fingerprint density at radius 2 is 2.20 bits per heavy atom. The first-order valence-electron chi connectivity index (χ1n) is 5.51. The number of nitrogens with one attached hydrogen (secondary N) is 1. The second-order valence-electron chi connectivity index (χ2n) is 4.27. The van der Waals surface area contributed by atoms with E-state index in [1.54, 1.807) is 0 Å². The maximum atomic E-state index is 11.5. The Hall–Kier alpha value is -1.08. The highest BCUT2D eigenvalue weighted by atomic mass is 16.3. The van der Waals surface area contributed by atoms with E-state index in [0.29, 0.717) is 19.3 Å². The van der Waals surface area contributed by atoms with Gasteiger partial charge in [-0.15, -0.1) is 0 Å². The van der Waals surface area contributed by atoms with Crippen LogP contribution < -0.4 is 5.32 Å². The second kappa shape index (κ2) is 5.13. The summed E-state index contributed by atoms with van der Waals surface area (Å²) in [5.41, 5.74) is -0.822. The Bertz CT molecular complexity index is 264. The lowest BCUT2D eigenvalue weighted by atomic mass is 9.97. The number of amides is 1. The highest BCUT2D eigenvalue weighted by Crippen LogP contribution is 2.32. The fourth-order valence-corrected chi connectivity index (χ4v) is 1.98. The number of carbonyl (C=O) groups is 1. The number of nitriles is 1. The minimum atomic E-state index is -0.822. The van der Waals surface area contributed by atoms with Gasteiger partial charge >= 0.3 is 0 Å². The highest BCUT2D eigenvalue weighted by molar-refractivity contribution is 5.77. The number of hydrogen-bond donors (Lipinski definition) is 2. The smallest absolute Gasteiger partial charge is 0.223 e. The maximum Gasteiger partial charge on any atom is 0.223 e. The van der Waals surface area contributed by atoms with E-state index in [0.717, 1.165) is 12.8 Å². The van der Waals surface area contributed by atoms with Crippen LogP contribution in [0.15, 0.2) is 0 Å². The summed E-state index contributed by atoms with van der Waals surface area (Å²) in [5, 5.41) is 21.3. The molecule has 0 bridgehead atoms. The standard InChI is InChI=1S/C11H18N2O2/c1-2-9(8-12)13-10(14)7-11(15)5-3-4-6-11/h9,15H,2-7H2,1H3,(H,13,14). The van der Waals surface area contributed by atoms with E-state index in [1.165, 1.54) is 0 Å². The number of carbonyl (C=O) groups excluding carboxylic acids is 1. The summed E-state index contributed by atoms with van der Waals surface area (Å²) < 4.78 is 0. The predicted molar refractivity (Wildman–Crippen MR) is 55.9 cm³/mol.